The molecular formula is C10H14F2N2O2S. The first-order chi connectivity index (χ1) is 7.87. The zero-order chi connectivity index (χ0) is 13.1. The summed E-state index contributed by atoms with van der Waals surface area (Å²) in [5, 5.41) is 0. The van der Waals surface area contributed by atoms with Gasteiger partial charge in [0.2, 0.25) is 0 Å². The lowest BCUT2D eigenvalue weighted by Crippen LogP contribution is -2.31. The minimum atomic E-state index is -4.52. The Morgan fingerprint density at radius 3 is 2.12 bits per heavy atom. The standard InChI is InChI=1S/C10H14F2N2O2S/c1-14(17(15,16)10(11)12)7-9-4-2-8(6-13)3-5-9/h2-5,10H,6-7,13H2,1H3. The van der Waals surface area contributed by atoms with Crippen LogP contribution in [0.25, 0.3) is 0 Å². The number of hydrogen-bond acceptors (Lipinski definition) is 3. The highest BCUT2D eigenvalue weighted by atomic mass is 32.2. The lowest BCUT2D eigenvalue weighted by Gasteiger charge is -2.16. The van der Waals surface area contributed by atoms with Crippen molar-refractivity contribution in [3.63, 3.8) is 0 Å². The van der Waals surface area contributed by atoms with Gasteiger partial charge in [-0.05, 0) is 11.1 Å². The molecule has 0 heterocycles. The van der Waals surface area contributed by atoms with Gasteiger partial charge >= 0.3 is 5.76 Å². The van der Waals surface area contributed by atoms with Gasteiger partial charge in [-0.1, -0.05) is 24.3 Å². The van der Waals surface area contributed by atoms with E-state index in [4.69, 9.17) is 5.73 Å². The van der Waals surface area contributed by atoms with Crippen LogP contribution in [-0.2, 0) is 23.1 Å². The van der Waals surface area contributed by atoms with Gasteiger partial charge < -0.3 is 5.73 Å². The Morgan fingerprint density at radius 1 is 1.24 bits per heavy atom. The second-order valence-corrected chi connectivity index (χ2v) is 5.59. The Hall–Kier alpha value is -1.05. The van der Waals surface area contributed by atoms with Gasteiger partial charge in [0.05, 0.1) is 0 Å². The van der Waals surface area contributed by atoms with Crippen molar-refractivity contribution in [1.82, 2.24) is 4.31 Å². The summed E-state index contributed by atoms with van der Waals surface area (Å²) in [6, 6.07) is 6.80. The van der Waals surface area contributed by atoms with E-state index >= 15 is 0 Å². The van der Waals surface area contributed by atoms with Crippen molar-refractivity contribution in [2.45, 2.75) is 18.8 Å². The van der Waals surface area contributed by atoms with Crippen LogP contribution in [-0.4, -0.2) is 25.5 Å². The number of sulfonamides is 1. The summed E-state index contributed by atoms with van der Waals surface area (Å²) in [6.45, 7) is 0.295. The highest BCUT2D eigenvalue weighted by Crippen LogP contribution is 2.14. The summed E-state index contributed by atoms with van der Waals surface area (Å²) in [5.74, 6) is -3.39. The molecule has 0 saturated carbocycles. The molecule has 0 spiro atoms. The number of nitrogens with zero attached hydrogens (tertiary/aromatic N) is 1. The van der Waals surface area contributed by atoms with Gasteiger partial charge in [0.15, 0.2) is 0 Å². The van der Waals surface area contributed by atoms with Crippen LogP contribution >= 0.6 is 0 Å². The van der Waals surface area contributed by atoms with Gasteiger partial charge in [0, 0.05) is 20.1 Å². The molecular weight excluding hydrogens is 250 g/mol. The van der Waals surface area contributed by atoms with E-state index in [1.54, 1.807) is 24.3 Å². The Kier molecular flexibility index (Phi) is 4.55. The molecule has 0 aliphatic heterocycles. The maximum absolute atomic E-state index is 12.2. The number of benzene rings is 1. The highest BCUT2D eigenvalue weighted by molar-refractivity contribution is 7.89. The monoisotopic (exact) mass is 264 g/mol. The molecule has 2 N–H and O–H groups in total. The molecule has 0 aliphatic rings. The van der Waals surface area contributed by atoms with E-state index in [0.717, 1.165) is 12.6 Å². The van der Waals surface area contributed by atoms with E-state index in [9.17, 15) is 17.2 Å². The molecule has 17 heavy (non-hydrogen) atoms. The average Bonchev–Trinajstić information content (AvgIpc) is 2.29. The summed E-state index contributed by atoms with van der Waals surface area (Å²) < 4.78 is 47.3. The zero-order valence-electron chi connectivity index (χ0n) is 9.31. The largest absolute Gasteiger partial charge is 0.350 e. The minimum Gasteiger partial charge on any atom is -0.326 e. The minimum absolute atomic E-state index is 0.0858. The Bertz CT molecular complexity index is 460. The van der Waals surface area contributed by atoms with Gasteiger partial charge in [-0.25, -0.2) is 8.42 Å². The highest BCUT2D eigenvalue weighted by Gasteiger charge is 2.28. The summed E-state index contributed by atoms with van der Waals surface area (Å²) in [5.41, 5.74) is 6.93. The molecule has 0 saturated heterocycles. The molecule has 0 aromatic heterocycles. The topological polar surface area (TPSA) is 63.4 Å². The smallest absolute Gasteiger partial charge is 0.326 e. The maximum Gasteiger partial charge on any atom is 0.350 e. The average molecular weight is 264 g/mol. The Morgan fingerprint density at radius 2 is 1.71 bits per heavy atom. The molecule has 1 rings (SSSR count). The van der Waals surface area contributed by atoms with Crippen LogP contribution in [0.2, 0.25) is 0 Å². The molecule has 1 aromatic carbocycles. The first kappa shape index (κ1) is 14.0. The predicted octanol–water partition coefficient (Wildman–Crippen LogP) is 1.13. The zero-order valence-corrected chi connectivity index (χ0v) is 10.1. The van der Waals surface area contributed by atoms with E-state index in [1.807, 2.05) is 0 Å². The lowest BCUT2D eigenvalue weighted by molar-refractivity contribution is 0.222. The summed E-state index contributed by atoms with van der Waals surface area (Å²) >= 11 is 0. The van der Waals surface area contributed by atoms with E-state index < -0.39 is 15.8 Å². The maximum atomic E-state index is 12.2. The predicted molar refractivity (Wildman–Crippen MR) is 60.7 cm³/mol. The first-order valence-corrected chi connectivity index (χ1v) is 6.39. The van der Waals surface area contributed by atoms with Crippen molar-refractivity contribution in [2.24, 2.45) is 5.73 Å². The van der Waals surface area contributed by atoms with Crippen LogP contribution in [0.15, 0.2) is 24.3 Å². The van der Waals surface area contributed by atoms with E-state index in [-0.39, 0.29) is 6.54 Å². The molecule has 0 radical (unpaired) electrons. The van der Waals surface area contributed by atoms with Gasteiger partial charge in [-0.2, -0.15) is 13.1 Å². The normalized spacial score (nSPS) is 12.4. The van der Waals surface area contributed by atoms with Crippen molar-refractivity contribution < 1.29 is 17.2 Å². The number of nitrogens with two attached hydrogens (primary N) is 1. The van der Waals surface area contributed by atoms with Gasteiger partial charge in [0.25, 0.3) is 10.0 Å². The third-order valence-corrected chi connectivity index (χ3v) is 3.77. The third-order valence-electron chi connectivity index (χ3n) is 2.32. The molecule has 1 aromatic rings. The lowest BCUT2D eigenvalue weighted by atomic mass is 10.1. The van der Waals surface area contributed by atoms with E-state index in [2.05, 4.69) is 0 Å². The van der Waals surface area contributed by atoms with E-state index in [0.29, 0.717) is 16.4 Å². The SMILES string of the molecule is CN(Cc1ccc(CN)cc1)S(=O)(=O)C(F)F. The molecule has 0 atom stereocenters. The van der Waals surface area contributed by atoms with E-state index in [1.165, 1.54) is 0 Å². The quantitative estimate of drug-likeness (QED) is 0.867. The molecule has 0 amide bonds. The summed E-state index contributed by atoms with van der Waals surface area (Å²) in [7, 11) is -3.39. The molecule has 0 bridgehead atoms. The summed E-state index contributed by atoms with van der Waals surface area (Å²) in [4.78, 5) is 0. The molecule has 0 unspecified atom stereocenters. The van der Waals surface area contributed by atoms with Gasteiger partial charge in [0.1, 0.15) is 0 Å². The number of rotatable bonds is 5. The van der Waals surface area contributed by atoms with Crippen molar-refractivity contribution in [3.8, 4) is 0 Å². The molecule has 0 aliphatic carbocycles. The van der Waals surface area contributed by atoms with Crippen molar-refractivity contribution in [1.29, 1.82) is 0 Å². The van der Waals surface area contributed by atoms with Crippen molar-refractivity contribution >= 4 is 10.0 Å². The van der Waals surface area contributed by atoms with Crippen LogP contribution < -0.4 is 5.73 Å². The third kappa shape index (κ3) is 3.45. The Labute approximate surface area is 99.1 Å². The number of alkyl halides is 2. The fraction of sp³-hybridized carbons (Fsp3) is 0.400. The number of halogens is 2. The second kappa shape index (κ2) is 5.52. The number of hydrogen-bond donors (Lipinski definition) is 1. The Balaban J connectivity index is 2.78. The van der Waals surface area contributed by atoms with Crippen LogP contribution in [0.3, 0.4) is 0 Å². The molecule has 96 valence electrons. The molecule has 0 fully saturated rings. The first-order valence-electron chi connectivity index (χ1n) is 4.89. The van der Waals surface area contributed by atoms with Gasteiger partial charge in [-0.15, -0.1) is 0 Å². The van der Waals surface area contributed by atoms with Crippen LogP contribution in [0.1, 0.15) is 11.1 Å². The fourth-order valence-electron chi connectivity index (χ4n) is 1.26. The fourth-order valence-corrected chi connectivity index (χ4v) is 1.86. The second-order valence-electron chi connectivity index (χ2n) is 3.58. The van der Waals surface area contributed by atoms with Gasteiger partial charge in [-0.3, -0.25) is 0 Å². The van der Waals surface area contributed by atoms with Crippen LogP contribution in [0, 0.1) is 0 Å². The molecule has 4 nitrogen and oxygen atoms in total. The van der Waals surface area contributed by atoms with Crippen molar-refractivity contribution in [3.05, 3.63) is 35.4 Å². The van der Waals surface area contributed by atoms with Crippen LogP contribution in [0.4, 0.5) is 8.78 Å². The van der Waals surface area contributed by atoms with Crippen molar-refractivity contribution in [2.75, 3.05) is 7.05 Å². The summed E-state index contributed by atoms with van der Waals surface area (Å²) in [6.07, 6.45) is 0. The van der Waals surface area contributed by atoms with Crippen LogP contribution in [0.5, 0.6) is 0 Å². The molecule has 7 heteroatoms.